The van der Waals surface area contributed by atoms with Gasteiger partial charge in [-0.3, -0.25) is 4.98 Å². The normalized spacial score (nSPS) is 11.0. The Kier molecular flexibility index (Phi) is 3.87. The van der Waals surface area contributed by atoms with E-state index in [0.717, 1.165) is 17.7 Å². The fraction of sp³-hybridized carbons (Fsp3) is 0.211. The maximum Gasteiger partial charge on any atom is 0.0751 e. The van der Waals surface area contributed by atoms with Gasteiger partial charge in [0.25, 0.3) is 0 Å². The zero-order valence-electron chi connectivity index (χ0n) is 12.5. The third-order valence-corrected chi connectivity index (χ3v) is 3.75. The topological polar surface area (TPSA) is 24.9 Å². The van der Waals surface area contributed by atoms with Crippen molar-refractivity contribution in [1.82, 2.24) is 4.98 Å². The van der Waals surface area contributed by atoms with Crippen LogP contribution in [0.15, 0.2) is 60.8 Å². The van der Waals surface area contributed by atoms with Crippen molar-refractivity contribution in [3.63, 3.8) is 0 Å². The molecular formula is C19H20N2. The van der Waals surface area contributed by atoms with E-state index >= 15 is 0 Å². The van der Waals surface area contributed by atoms with Crippen LogP contribution in [0.25, 0.3) is 10.9 Å². The monoisotopic (exact) mass is 276 g/mol. The van der Waals surface area contributed by atoms with Crippen LogP contribution in [0.1, 0.15) is 30.9 Å². The van der Waals surface area contributed by atoms with Crippen LogP contribution >= 0.6 is 0 Å². The van der Waals surface area contributed by atoms with Gasteiger partial charge in [0.05, 0.1) is 5.52 Å². The van der Waals surface area contributed by atoms with Crippen LogP contribution in [0, 0.1) is 0 Å². The Balaban J connectivity index is 1.82. The first-order valence-corrected chi connectivity index (χ1v) is 7.40. The highest BCUT2D eigenvalue weighted by Gasteiger charge is 2.03. The van der Waals surface area contributed by atoms with E-state index in [1.54, 1.807) is 0 Å². The van der Waals surface area contributed by atoms with Gasteiger partial charge in [0.2, 0.25) is 0 Å². The summed E-state index contributed by atoms with van der Waals surface area (Å²) in [6.07, 6.45) is 1.85. The maximum atomic E-state index is 4.50. The molecule has 0 aliphatic rings. The number of para-hydroxylation sites is 1. The van der Waals surface area contributed by atoms with Crippen molar-refractivity contribution < 1.29 is 0 Å². The zero-order valence-corrected chi connectivity index (χ0v) is 12.5. The average Bonchev–Trinajstić information content (AvgIpc) is 2.53. The van der Waals surface area contributed by atoms with E-state index in [-0.39, 0.29) is 0 Å². The summed E-state index contributed by atoms with van der Waals surface area (Å²) in [7, 11) is 0. The van der Waals surface area contributed by atoms with Crippen molar-refractivity contribution >= 4 is 16.6 Å². The second-order valence-corrected chi connectivity index (χ2v) is 5.63. The molecule has 1 aromatic heterocycles. The largest absolute Gasteiger partial charge is 0.381 e. The standard InChI is InChI=1S/C19H20N2/c1-14(2)16-7-4-10-18(12-16)21-13-17-8-3-6-15-9-5-11-20-19(15)17/h3-12,14,21H,13H2,1-2H3. The predicted molar refractivity (Wildman–Crippen MR) is 89.6 cm³/mol. The number of nitrogens with zero attached hydrogens (tertiary/aromatic N) is 1. The van der Waals surface area contributed by atoms with E-state index in [0.29, 0.717) is 5.92 Å². The second kappa shape index (κ2) is 5.96. The fourth-order valence-corrected chi connectivity index (χ4v) is 2.52. The molecule has 0 fully saturated rings. The smallest absolute Gasteiger partial charge is 0.0751 e. The van der Waals surface area contributed by atoms with Crippen LogP contribution in [-0.2, 0) is 6.54 Å². The molecule has 0 radical (unpaired) electrons. The summed E-state index contributed by atoms with van der Waals surface area (Å²) in [5, 5.41) is 4.70. The van der Waals surface area contributed by atoms with E-state index in [9.17, 15) is 0 Å². The van der Waals surface area contributed by atoms with Gasteiger partial charge in [-0.1, -0.05) is 50.2 Å². The molecule has 2 nitrogen and oxygen atoms in total. The molecule has 2 heteroatoms. The van der Waals surface area contributed by atoms with Crippen molar-refractivity contribution in [2.75, 3.05) is 5.32 Å². The molecule has 3 rings (SSSR count). The van der Waals surface area contributed by atoms with E-state index in [1.165, 1.54) is 16.5 Å². The maximum absolute atomic E-state index is 4.50. The third-order valence-electron chi connectivity index (χ3n) is 3.75. The molecule has 0 amide bonds. The van der Waals surface area contributed by atoms with Crippen LogP contribution in [0.5, 0.6) is 0 Å². The van der Waals surface area contributed by atoms with E-state index in [2.05, 4.69) is 72.7 Å². The Morgan fingerprint density at radius 3 is 2.67 bits per heavy atom. The van der Waals surface area contributed by atoms with Crippen molar-refractivity contribution in [3.05, 3.63) is 71.9 Å². The van der Waals surface area contributed by atoms with Crippen molar-refractivity contribution in [1.29, 1.82) is 0 Å². The molecule has 0 saturated heterocycles. The van der Waals surface area contributed by atoms with Gasteiger partial charge >= 0.3 is 0 Å². The first-order valence-electron chi connectivity index (χ1n) is 7.40. The molecule has 21 heavy (non-hydrogen) atoms. The van der Waals surface area contributed by atoms with Gasteiger partial charge in [0.15, 0.2) is 0 Å². The molecule has 0 aliphatic heterocycles. The molecule has 0 bridgehead atoms. The Hall–Kier alpha value is -2.35. The van der Waals surface area contributed by atoms with Crippen LogP contribution in [-0.4, -0.2) is 4.98 Å². The molecule has 1 heterocycles. The highest BCUT2D eigenvalue weighted by molar-refractivity contribution is 5.81. The summed E-state index contributed by atoms with van der Waals surface area (Å²) in [6.45, 7) is 5.22. The molecule has 0 spiro atoms. The van der Waals surface area contributed by atoms with Gasteiger partial charge in [0, 0.05) is 23.8 Å². The second-order valence-electron chi connectivity index (χ2n) is 5.63. The van der Waals surface area contributed by atoms with Crippen LogP contribution in [0.4, 0.5) is 5.69 Å². The minimum Gasteiger partial charge on any atom is -0.381 e. The lowest BCUT2D eigenvalue weighted by Crippen LogP contribution is -2.01. The van der Waals surface area contributed by atoms with Crippen LogP contribution < -0.4 is 5.32 Å². The summed E-state index contributed by atoms with van der Waals surface area (Å²) < 4.78 is 0. The fourth-order valence-electron chi connectivity index (χ4n) is 2.52. The zero-order chi connectivity index (χ0) is 14.7. The van der Waals surface area contributed by atoms with Gasteiger partial charge < -0.3 is 5.32 Å². The SMILES string of the molecule is CC(C)c1cccc(NCc2cccc3cccnc23)c1. The number of hydrogen-bond acceptors (Lipinski definition) is 2. The number of aromatic nitrogens is 1. The third kappa shape index (κ3) is 3.05. The number of anilines is 1. The van der Waals surface area contributed by atoms with Gasteiger partial charge in [-0.05, 0) is 35.2 Å². The summed E-state index contributed by atoms with van der Waals surface area (Å²) in [4.78, 5) is 4.50. The molecule has 1 N–H and O–H groups in total. The van der Waals surface area contributed by atoms with Crippen molar-refractivity contribution in [2.45, 2.75) is 26.3 Å². The Bertz CT molecular complexity index is 742. The molecule has 0 atom stereocenters. The first kappa shape index (κ1) is 13.6. The average molecular weight is 276 g/mol. The van der Waals surface area contributed by atoms with E-state index in [4.69, 9.17) is 0 Å². The summed E-state index contributed by atoms with van der Waals surface area (Å²) in [5.41, 5.74) is 4.82. The summed E-state index contributed by atoms with van der Waals surface area (Å²) >= 11 is 0. The molecule has 2 aromatic carbocycles. The number of pyridine rings is 1. The summed E-state index contributed by atoms with van der Waals surface area (Å²) in [6, 6.07) is 19.0. The quantitative estimate of drug-likeness (QED) is 0.727. The van der Waals surface area contributed by atoms with Gasteiger partial charge in [-0.15, -0.1) is 0 Å². The molecular weight excluding hydrogens is 256 g/mol. The highest BCUT2D eigenvalue weighted by atomic mass is 14.9. The highest BCUT2D eigenvalue weighted by Crippen LogP contribution is 2.21. The Morgan fingerprint density at radius 2 is 1.81 bits per heavy atom. The van der Waals surface area contributed by atoms with Crippen LogP contribution in [0.2, 0.25) is 0 Å². The van der Waals surface area contributed by atoms with Crippen molar-refractivity contribution in [3.8, 4) is 0 Å². The molecule has 0 saturated carbocycles. The lowest BCUT2D eigenvalue weighted by atomic mass is 10.0. The lowest BCUT2D eigenvalue weighted by molar-refractivity contribution is 0.866. The molecule has 3 aromatic rings. The minimum absolute atomic E-state index is 0.547. The number of hydrogen-bond donors (Lipinski definition) is 1. The predicted octanol–water partition coefficient (Wildman–Crippen LogP) is 4.97. The van der Waals surface area contributed by atoms with Gasteiger partial charge in [0.1, 0.15) is 0 Å². The molecule has 0 unspecified atom stereocenters. The van der Waals surface area contributed by atoms with Crippen LogP contribution in [0.3, 0.4) is 0 Å². The van der Waals surface area contributed by atoms with E-state index in [1.807, 2.05) is 12.3 Å². The Labute approximate surface area is 125 Å². The number of nitrogens with one attached hydrogen (secondary N) is 1. The first-order chi connectivity index (χ1) is 10.2. The minimum atomic E-state index is 0.547. The molecule has 106 valence electrons. The molecule has 0 aliphatic carbocycles. The summed E-state index contributed by atoms with van der Waals surface area (Å²) in [5.74, 6) is 0.547. The number of benzene rings is 2. The number of fused-ring (bicyclic) bond motifs is 1. The van der Waals surface area contributed by atoms with Gasteiger partial charge in [-0.25, -0.2) is 0 Å². The van der Waals surface area contributed by atoms with Gasteiger partial charge in [-0.2, -0.15) is 0 Å². The van der Waals surface area contributed by atoms with E-state index < -0.39 is 0 Å². The number of rotatable bonds is 4. The van der Waals surface area contributed by atoms with Crippen molar-refractivity contribution in [2.24, 2.45) is 0 Å². The Morgan fingerprint density at radius 1 is 1.00 bits per heavy atom. The lowest BCUT2D eigenvalue weighted by Gasteiger charge is -2.11.